The second kappa shape index (κ2) is 6.94. The summed E-state index contributed by atoms with van der Waals surface area (Å²) in [7, 11) is 1.63. The van der Waals surface area contributed by atoms with Crippen LogP contribution in [0.4, 0.5) is 0 Å². The topological polar surface area (TPSA) is 41.6 Å². The summed E-state index contributed by atoms with van der Waals surface area (Å²) in [6.45, 7) is 8.17. The van der Waals surface area contributed by atoms with Gasteiger partial charge in [0.25, 0.3) is 5.91 Å². The highest BCUT2D eigenvalue weighted by Crippen LogP contribution is 2.18. The van der Waals surface area contributed by atoms with E-state index in [1.165, 1.54) is 0 Å². The number of nitrogens with one attached hydrogen (secondary N) is 1. The molecule has 1 aromatic carbocycles. The highest BCUT2D eigenvalue weighted by Gasteiger charge is 2.29. The van der Waals surface area contributed by atoms with Crippen LogP contribution in [0.3, 0.4) is 0 Å². The number of rotatable bonds is 4. The Balaban J connectivity index is 2.08. The molecular formula is C17H26N2O2. The first-order valence-electron chi connectivity index (χ1n) is 7.69. The third-order valence-corrected chi connectivity index (χ3v) is 4.00. The molecule has 2 unspecified atom stereocenters. The Kier molecular flexibility index (Phi) is 5.23. The van der Waals surface area contributed by atoms with E-state index in [1.54, 1.807) is 7.11 Å². The lowest BCUT2D eigenvalue weighted by Gasteiger charge is -2.39. The number of carbonyl (C=O) groups is 1. The smallest absolute Gasteiger partial charge is 0.254 e. The van der Waals surface area contributed by atoms with Crippen LogP contribution in [0.15, 0.2) is 24.3 Å². The molecule has 0 bridgehead atoms. The maximum Gasteiger partial charge on any atom is 0.254 e. The number of hydrogen-bond acceptors (Lipinski definition) is 3. The zero-order valence-corrected chi connectivity index (χ0v) is 13.4. The molecule has 116 valence electrons. The van der Waals surface area contributed by atoms with Gasteiger partial charge in [-0.15, -0.1) is 0 Å². The van der Waals surface area contributed by atoms with E-state index in [2.05, 4.69) is 26.1 Å². The van der Waals surface area contributed by atoms with Crippen molar-refractivity contribution in [3.05, 3.63) is 29.8 Å². The molecule has 1 aliphatic heterocycles. The molecule has 4 nitrogen and oxygen atoms in total. The van der Waals surface area contributed by atoms with Crippen molar-refractivity contribution >= 4 is 5.91 Å². The van der Waals surface area contributed by atoms with Crippen LogP contribution in [-0.2, 0) is 0 Å². The molecule has 0 aliphatic carbocycles. The van der Waals surface area contributed by atoms with Gasteiger partial charge in [-0.05, 0) is 43.5 Å². The first-order chi connectivity index (χ1) is 10.0. The Hall–Kier alpha value is -1.55. The van der Waals surface area contributed by atoms with Gasteiger partial charge >= 0.3 is 0 Å². The standard InChI is InChI=1S/C17H26N2O2/c1-12(2)9-15-11-19(13(3)10-18-15)17(20)14-5-7-16(21-4)8-6-14/h5-8,12-13,15,18H,9-11H2,1-4H3. The van der Waals surface area contributed by atoms with Gasteiger partial charge in [0.2, 0.25) is 0 Å². The molecule has 0 radical (unpaired) electrons. The quantitative estimate of drug-likeness (QED) is 0.926. The summed E-state index contributed by atoms with van der Waals surface area (Å²) >= 11 is 0. The van der Waals surface area contributed by atoms with Gasteiger partial charge in [0.15, 0.2) is 0 Å². The van der Waals surface area contributed by atoms with Crippen LogP contribution in [-0.4, -0.2) is 43.1 Å². The molecule has 0 aromatic heterocycles. The Labute approximate surface area is 127 Å². The average Bonchev–Trinajstić information content (AvgIpc) is 2.48. The van der Waals surface area contributed by atoms with E-state index in [9.17, 15) is 4.79 Å². The van der Waals surface area contributed by atoms with E-state index in [-0.39, 0.29) is 11.9 Å². The van der Waals surface area contributed by atoms with Gasteiger partial charge < -0.3 is 15.0 Å². The first kappa shape index (κ1) is 15.8. The van der Waals surface area contributed by atoms with Gasteiger partial charge in [0, 0.05) is 30.7 Å². The molecule has 21 heavy (non-hydrogen) atoms. The SMILES string of the molecule is COc1ccc(C(=O)N2CC(CC(C)C)NCC2C)cc1. The predicted octanol–water partition coefficient (Wildman–Crippen LogP) is 2.54. The Morgan fingerprint density at radius 1 is 1.38 bits per heavy atom. The zero-order valence-electron chi connectivity index (χ0n) is 13.4. The van der Waals surface area contributed by atoms with Crippen molar-refractivity contribution < 1.29 is 9.53 Å². The number of piperazine rings is 1. The number of carbonyl (C=O) groups excluding carboxylic acids is 1. The van der Waals surface area contributed by atoms with Gasteiger partial charge in [0.05, 0.1) is 7.11 Å². The minimum atomic E-state index is 0.111. The van der Waals surface area contributed by atoms with E-state index in [0.29, 0.717) is 12.0 Å². The first-order valence-corrected chi connectivity index (χ1v) is 7.69. The third kappa shape index (κ3) is 3.97. The van der Waals surface area contributed by atoms with Crippen LogP contribution in [0.1, 0.15) is 37.6 Å². The van der Waals surface area contributed by atoms with Crippen LogP contribution in [0.25, 0.3) is 0 Å². The fourth-order valence-electron chi connectivity index (χ4n) is 2.84. The average molecular weight is 290 g/mol. The van der Waals surface area contributed by atoms with Gasteiger partial charge in [-0.25, -0.2) is 0 Å². The Morgan fingerprint density at radius 2 is 2.05 bits per heavy atom. The zero-order chi connectivity index (χ0) is 15.4. The van der Waals surface area contributed by atoms with E-state index in [4.69, 9.17) is 4.74 Å². The summed E-state index contributed by atoms with van der Waals surface area (Å²) in [5.41, 5.74) is 0.729. The number of methoxy groups -OCH3 is 1. The maximum absolute atomic E-state index is 12.7. The lowest BCUT2D eigenvalue weighted by atomic mass is 9.99. The van der Waals surface area contributed by atoms with Crippen molar-refractivity contribution in [2.75, 3.05) is 20.2 Å². The summed E-state index contributed by atoms with van der Waals surface area (Å²) in [6, 6.07) is 7.98. The number of nitrogens with zero attached hydrogens (tertiary/aromatic N) is 1. The number of hydrogen-bond donors (Lipinski definition) is 1. The van der Waals surface area contributed by atoms with Crippen LogP contribution < -0.4 is 10.1 Å². The summed E-state index contributed by atoms with van der Waals surface area (Å²) in [6.07, 6.45) is 1.10. The van der Waals surface area contributed by atoms with Crippen molar-refractivity contribution in [1.29, 1.82) is 0 Å². The minimum Gasteiger partial charge on any atom is -0.497 e. The van der Waals surface area contributed by atoms with E-state index in [0.717, 1.165) is 30.8 Å². The summed E-state index contributed by atoms with van der Waals surface area (Å²) in [5.74, 6) is 1.52. The molecule has 1 N–H and O–H groups in total. The second-order valence-corrected chi connectivity index (χ2v) is 6.27. The van der Waals surface area contributed by atoms with Gasteiger partial charge in [-0.2, -0.15) is 0 Å². The minimum absolute atomic E-state index is 0.111. The van der Waals surface area contributed by atoms with Crippen LogP contribution >= 0.6 is 0 Å². The van der Waals surface area contributed by atoms with Crippen LogP contribution in [0.5, 0.6) is 5.75 Å². The molecular weight excluding hydrogens is 264 g/mol. The summed E-state index contributed by atoms with van der Waals surface area (Å²) < 4.78 is 5.14. The number of benzene rings is 1. The largest absolute Gasteiger partial charge is 0.497 e. The van der Waals surface area contributed by atoms with Crippen molar-refractivity contribution in [2.24, 2.45) is 5.92 Å². The monoisotopic (exact) mass is 290 g/mol. The van der Waals surface area contributed by atoms with E-state index in [1.807, 2.05) is 29.2 Å². The molecule has 2 atom stereocenters. The summed E-state index contributed by atoms with van der Waals surface area (Å²) in [5, 5.41) is 3.54. The molecule has 4 heteroatoms. The molecule has 0 spiro atoms. The van der Waals surface area contributed by atoms with Crippen LogP contribution in [0.2, 0.25) is 0 Å². The lowest BCUT2D eigenvalue weighted by molar-refractivity contribution is 0.0595. The Morgan fingerprint density at radius 3 is 2.62 bits per heavy atom. The van der Waals surface area contributed by atoms with Crippen molar-refractivity contribution in [3.63, 3.8) is 0 Å². The molecule has 1 fully saturated rings. The molecule has 1 saturated heterocycles. The molecule has 1 aliphatic rings. The molecule has 1 aromatic rings. The van der Waals surface area contributed by atoms with Crippen molar-refractivity contribution in [2.45, 2.75) is 39.3 Å². The van der Waals surface area contributed by atoms with Gasteiger partial charge in [-0.3, -0.25) is 4.79 Å². The number of ether oxygens (including phenoxy) is 1. The van der Waals surface area contributed by atoms with Crippen molar-refractivity contribution in [3.8, 4) is 5.75 Å². The lowest BCUT2D eigenvalue weighted by Crippen LogP contribution is -2.57. The fraction of sp³-hybridized carbons (Fsp3) is 0.588. The van der Waals surface area contributed by atoms with Gasteiger partial charge in [-0.1, -0.05) is 13.8 Å². The highest BCUT2D eigenvalue weighted by molar-refractivity contribution is 5.94. The molecule has 0 saturated carbocycles. The second-order valence-electron chi connectivity index (χ2n) is 6.27. The normalized spacial score (nSPS) is 22.4. The fourth-order valence-corrected chi connectivity index (χ4v) is 2.84. The van der Waals surface area contributed by atoms with E-state index < -0.39 is 0 Å². The van der Waals surface area contributed by atoms with Gasteiger partial charge in [0.1, 0.15) is 5.75 Å². The van der Waals surface area contributed by atoms with Crippen molar-refractivity contribution in [1.82, 2.24) is 10.2 Å². The molecule has 2 rings (SSSR count). The Bertz CT molecular complexity index is 470. The number of amides is 1. The third-order valence-electron chi connectivity index (χ3n) is 4.00. The molecule has 1 heterocycles. The highest BCUT2D eigenvalue weighted by atomic mass is 16.5. The van der Waals surface area contributed by atoms with Crippen LogP contribution in [0, 0.1) is 5.92 Å². The maximum atomic E-state index is 12.7. The molecule has 1 amide bonds. The predicted molar refractivity (Wildman–Crippen MR) is 84.7 cm³/mol. The van der Waals surface area contributed by atoms with E-state index >= 15 is 0 Å². The summed E-state index contributed by atoms with van der Waals surface area (Å²) in [4.78, 5) is 14.7.